The van der Waals surface area contributed by atoms with Crippen molar-refractivity contribution >= 4 is 17.8 Å². The number of nitrogens with zero attached hydrogens (tertiary/aromatic N) is 3. The number of likely N-dealkylation sites (tertiary alicyclic amines) is 1. The fourth-order valence-electron chi connectivity index (χ4n) is 2.41. The Morgan fingerprint density at radius 3 is 2.62 bits per heavy atom. The Hall–Kier alpha value is -2.38. The Kier molecular flexibility index (Phi) is 6.34. The van der Waals surface area contributed by atoms with Crippen LogP contribution in [0.15, 0.2) is 15.6 Å². The van der Waals surface area contributed by atoms with Crippen LogP contribution in [0.2, 0.25) is 0 Å². The highest BCUT2D eigenvalue weighted by Gasteiger charge is 2.25. The molecule has 1 aliphatic rings. The third-order valence-electron chi connectivity index (χ3n) is 3.83. The predicted molar refractivity (Wildman–Crippen MR) is 89.4 cm³/mol. The minimum Gasteiger partial charge on any atom is -0.359 e. The first-order valence-corrected chi connectivity index (χ1v) is 8.24. The third-order valence-corrected chi connectivity index (χ3v) is 3.83. The standard InChI is InChI=1S/C16H25N5O3/c1-11(2)13-9-12(24-20-13)10-19-16(17-3)18-7-8-21-14(22)5-4-6-15(21)23/h9,11H,4-8,10H2,1-3H3,(H2,17,18,19). The number of amides is 2. The van der Waals surface area contributed by atoms with Crippen LogP contribution >= 0.6 is 0 Å². The fraction of sp³-hybridized carbons (Fsp3) is 0.625. The van der Waals surface area contributed by atoms with Crippen molar-refractivity contribution in [1.82, 2.24) is 20.7 Å². The van der Waals surface area contributed by atoms with E-state index in [0.29, 0.717) is 50.8 Å². The molecule has 2 N–H and O–H groups in total. The van der Waals surface area contributed by atoms with Crippen LogP contribution in [-0.2, 0) is 16.1 Å². The van der Waals surface area contributed by atoms with Gasteiger partial charge in [0.1, 0.15) is 0 Å². The quantitative estimate of drug-likeness (QED) is 0.457. The molecule has 0 aliphatic carbocycles. The second-order valence-electron chi connectivity index (χ2n) is 6.02. The van der Waals surface area contributed by atoms with Gasteiger partial charge >= 0.3 is 0 Å². The normalized spacial score (nSPS) is 16.0. The van der Waals surface area contributed by atoms with Gasteiger partial charge in [-0.05, 0) is 12.3 Å². The number of guanidine groups is 1. The number of hydrogen-bond acceptors (Lipinski definition) is 5. The van der Waals surface area contributed by atoms with Crippen molar-refractivity contribution in [2.24, 2.45) is 4.99 Å². The minimum absolute atomic E-state index is 0.0983. The second-order valence-corrected chi connectivity index (χ2v) is 6.02. The van der Waals surface area contributed by atoms with Crippen molar-refractivity contribution in [2.75, 3.05) is 20.1 Å². The molecule has 0 bridgehead atoms. The largest absolute Gasteiger partial charge is 0.359 e. The van der Waals surface area contributed by atoms with Crippen LogP contribution < -0.4 is 10.6 Å². The first-order valence-electron chi connectivity index (χ1n) is 8.24. The zero-order chi connectivity index (χ0) is 17.5. The van der Waals surface area contributed by atoms with Gasteiger partial charge in [0.25, 0.3) is 0 Å². The molecule has 8 nitrogen and oxygen atoms in total. The van der Waals surface area contributed by atoms with Crippen molar-refractivity contribution < 1.29 is 14.1 Å². The molecule has 1 fully saturated rings. The predicted octanol–water partition coefficient (Wildman–Crippen LogP) is 1.00. The molecule has 0 atom stereocenters. The molecule has 1 aromatic heterocycles. The lowest BCUT2D eigenvalue weighted by Crippen LogP contribution is -2.46. The molecule has 2 heterocycles. The number of nitrogens with one attached hydrogen (secondary N) is 2. The number of carbonyl (C=O) groups is 2. The molecular formula is C16H25N5O3. The smallest absolute Gasteiger partial charge is 0.229 e. The van der Waals surface area contributed by atoms with Gasteiger partial charge in [-0.3, -0.25) is 19.5 Å². The number of rotatable bonds is 6. The van der Waals surface area contributed by atoms with Crippen LogP contribution in [-0.4, -0.2) is 48.0 Å². The minimum atomic E-state index is -0.0983. The highest BCUT2D eigenvalue weighted by atomic mass is 16.5. The summed E-state index contributed by atoms with van der Waals surface area (Å²) in [6, 6.07) is 1.91. The molecule has 0 saturated carbocycles. The molecule has 0 aromatic carbocycles. The molecule has 0 spiro atoms. The van der Waals surface area contributed by atoms with E-state index in [4.69, 9.17) is 4.52 Å². The SMILES string of the molecule is CN=C(NCCN1C(=O)CCCC1=O)NCc1cc(C(C)C)no1. The Morgan fingerprint density at radius 2 is 2.04 bits per heavy atom. The molecule has 1 aromatic rings. The second kappa shape index (κ2) is 8.47. The maximum absolute atomic E-state index is 11.7. The van der Waals surface area contributed by atoms with Gasteiger partial charge < -0.3 is 15.2 Å². The number of hydrogen-bond donors (Lipinski definition) is 2. The van der Waals surface area contributed by atoms with E-state index >= 15 is 0 Å². The van der Waals surface area contributed by atoms with Gasteiger partial charge in [0, 0.05) is 39.0 Å². The molecule has 8 heteroatoms. The molecule has 0 radical (unpaired) electrons. The van der Waals surface area contributed by atoms with Gasteiger partial charge in [-0.25, -0.2) is 0 Å². The molecule has 132 valence electrons. The van der Waals surface area contributed by atoms with E-state index in [1.165, 1.54) is 4.90 Å². The van der Waals surface area contributed by atoms with E-state index in [1.54, 1.807) is 7.05 Å². The maximum atomic E-state index is 11.7. The van der Waals surface area contributed by atoms with Gasteiger partial charge in [-0.2, -0.15) is 0 Å². The van der Waals surface area contributed by atoms with Gasteiger partial charge in [0.05, 0.1) is 12.2 Å². The van der Waals surface area contributed by atoms with Crippen molar-refractivity contribution in [3.05, 3.63) is 17.5 Å². The van der Waals surface area contributed by atoms with Crippen molar-refractivity contribution in [1.29, 1.82) is 0 Å². The summed E-state index contributed by atoms with van der Waals surface area (Å²) in [6.07, 6.45) is 1.55. The highest BCUT2D eigenvalue weighted by molar-refractivity contribution is 5.97. The molecule has 1 saturated heterocycles. The topological polar surface area (TPSA) is 99.8 Å². The van der Waals surface area contributed by atoms with Crippen LogP contribution in [0.5, 0.6) is 0 Å². The zero-order valence-electron chi connectivity index (χ0n) is 14.5. The molecule has 0 unspecified atom stereocenters. The van der Waals surface area contributed by atoms with E-state index < -0.39 is 0 Å². The Bertz CT molecular complexity index is 593. The lowest BCUT2D eigenvalue weighted by atomic mass is 10.1. The molecular weight excluding hydrogens is 310 g/mol. The third kappa shape index (κ3) is 4.81. The van der Waals surface area contributed by atoms with Gasteiger partial charge in [0.15, 0.2) is 11.7 Å². The molecule has 1 aliphatic heterocycles. The van der Waals surface area contributed by atoms with E-state index in [-0.39, 0.29) is 11.8 Å². The molecule has 24 heavy (non-hydrogen) atoms. The van der Waals surface area contributed by atoms with E-state index in [2.05, 4.69) is 34.6 Å². The summed E-state index contributed by atoms with van der Waals surface area (Å²) in [6.45, 7) is 5.36. The fourth-order valence-corrected chi connectivity index (χ4v) is 2.41. The molecule has 2 amide bonds. The van der Waals surface area contributed by atoms with Gasteiger partial charge in [0.2, 0.25) is 11.8 Å². The van der Waals surface area contributed by atoms with E-state index in [1.807, 2.05) is 6.07 Å². The number of carbonyl (C=O) groups excluding carboxylic acids is 2. The zero-order valence-corrected chi connectivity index (χ0v) is 14.5. The summed E-state index contributed by atoms with van der Waals surface area (Å²) in [5.41, 5.74) is 0.914. The summed E-state index contributed by atoms with van der Waals surface area (Å²) in [4.78, 5) is 28.9. The number of aromatic nitrogens is 1. The number of aliphatic imine (C=N–C) groups is 1. The summed E-state index contributed by atoms with van der Waals surface area (Å²) in [5, 5.41) is 10.2. The average molecular weight is 335 g/mol. The van der Waals surface area contributed by atoms with Crippen LogP contribution in [0.1, 0.15) is 50.5 Å². The monoisotopic (exact) mass is 335 g/mol. The highest BCUT2D eigenvalue weighted by Crippen LogP contribution is 2.13. The van der Waals surface area contributed by atoms with Crippen molar-refractivity contribution in [2.45, 2.75) is 45.6 Å². The van der Waals surface area contributed by atoms with Crippen LogP contribution in [0.4, 0.5) is 0 Å². The van der Waals surface area contributed by atoms with Crippen LogP contribution in [0, 0.1) is 0 Å². The van der Waals surface area contributed by atoms with Crippen LogP contribution in [0.3, 0.4) is 0 Å². The Labute approximate surface area is 141 Å². The van der Waals surface area contributed by atoms with Gasteiger partial charge in [-0.15, -0.1) is 0 Å². The molecule has 2 rings (SSSR count). The Morgan fingerprint density at radius 1 is 1.33 bits per heavy atom. The maximum Gasteiger partial charge on any atom is 0.229 e. The van der Waals surface area contributed by atoms with E-state index in [0.717, 1.165) is 11.5 Å². The average Bonchev–Trinajstić information content (AvgIpc) is 3.02. The van der Waals surface area contributed by atoms with Crippen molar-refractivity contribution in [3.8, 4) is 0 Å². The number of imide groups is 1. The number of piperidine rings is 1. The van der Waals surface area contributed by atoms with Crippen LogP contribution in [0.25, 0.3) is 0 Å². The van der Waals surface area contributed by atoms with Gasteiger partial charge in [-0.1, -0.05) is 19.0 Å². The van der Waals surface area contributed by atoms with E-state index in [9.17, 15) is 9.59 Å². The van der Waals surface area contributed by atoms with Crippen molar-refractivity contribution in [3.63, 3.8) is 0 Å². The first-order chi connectivity index (χ1) is 11.5. The summed E-state index contributed by atoms with van der Waals surface area (Å²) in [5.74, 6) is 1.43. The lowest BCUT2D eigenvalue weighted by Gasteiger charge is -2.25. The summed E-state index contributed by atoms with van der Waals surface area (Å²) >= 11 is 0. The summed E-state index contributed by atoms with van der Waals surface area (Å²) in [7, 11) is 1.66. The first kappa shape index (κ1) is 18.0. The summed E-state index contributed by atoms with van der Waals surface area (Å²) < 4.78 is 5.26. The lowest BCUT2D eigenvalue weighted by molar-refractivity contribution is -0.147. The Balaban J connectivity index is 1.76.